The van der Waals surface area contributed by atoms with E-state index in [1.54, 1.807) is 0 Å². The molecule has 0 saturated heterocycles. The Balaban J connectivity index is 2.45. The number of hydrogen-bond acceptors (Lipinski definition) is 1. The molecule has 0 amide bonds. The predicted molar refractivity (Wildman–Crippen MR) is 115 cm³/mol. The van der Waals surface area contributed by atoms with E-state index < -0.39 is 0 Å². The van der Waals surface area contributed by atoms with Gasteiger partial charge in [0.2, 0.25) is 0 Å². The normalized spacial score (nSPS) is 11.7. The lowest BCUT2D eigenvalue weighted by molar-refractivity contribution is -1.06. The van der Waals surface area contributed by atoms with Crippen molar-refractivity contribution in [3.63, 3.8) is 0 Å². The van der Waals surface area contributed by atoms with E-state index in [1.807, 2.05) is 24.3 Å². The minimum Gasteiger partial charge on any atom is -0.316 e. The molecule has 0 heterocycles. The quantitative estimate of drug-likeness (QED) is 0.161. The lowest BCUT2D eigenvalue weighted by Crippen LogP contribution is -2.48. The fourth-order valence-corrected chi connectivity index (χ4v) is 3.53. The van der Waals surface area contributed by atoms with Crippen LogP contribution in [-0.2, 0) is 0 Å². The van der Waals surface area contributed by atoms with Crippen molar-refractivity contribution >= 4 is 11.6 Å². The van der Waals surface area contributed by atoms with E-state index in [0.717, 1.165) is 23.9 Å². The van der Waals surface area contributed by atoms with Gasteiger partial charge in [-0.25, -0.2) is 0 Å². The lowest BCUT2D eigenvalue weighted by atomic mass is 10.1. The first-order valence-electron chi connectivity index (χ1n) is 10.9. The van der Waals surface area contributed by atoms with Gasteiger partial charge in [0.15, 0.2) is 5.75 Å². The average molecular weight is 383 g/mol. The molecule has 0 saturated carbocycles. The van der Waals surface area contributed by atoms with Gasteiger partial charge in [-0.1, -0.05) is 76.8 Å². The number of halogens is 1. The molecule has 0 spiro atoms. The van der Waals surface area contributed by atoms with E-state index in [4.69, 9.17) is 16.4 Å². The van der Waals surface area contributed by atoms with Crippen molar-refractivity contribution in [2.24, 2.45) is 0 Å². The maximum atomic E-state index is 6.39. The summed E-state index contributed by atoms with van der Waals surface area (Å²) in [6.45, 7) is 6.72. The van der Waals surface area contributed by atoms with Crippen LogP contribution in [0.15, 0.2) is 24.3 Å². The van der Waals surface area contributed by atoms with E-state index >= 15 is 0 Å². The number of hydrogen-bond donors (Lipinski definition) is 0. The standard InChI is InChI=1S/C23H41ClNO/c1-4-6-8-10-12-14-20-25(3,21-15-13-11-9-7-5-2)26-23-18-16-22(24)17-19-23/h16-19H,4-15,20-21H2,1-3H3/q+1. The predicted octanol–water partition coefficient (Wildman–Crippen LogP) is 7.80. The Kier molecular flexibility index (Phi) is 12.9. The second-order valence-corrected chi connectivity index (χ2v) is 8.26. The number of quaternary nitrogens is 1. The largest absolute Gasteiger partial charge is 0.316 e. The highest BCUT2D eigenvalue weighted by atomic mass is 35.5. The summed E-state index contributed by atoms with van der Waals surface area (Å²) < 4.78 is 0.684. The fourth-order valence-electron chi connectivity index (χ4n) is 3.41. The third kappa shape index (κ3) is 11.1. The molecule has 0 unspecified atom stereocenters. The summed E-state index contributed by atoms with van der Waals surface area (Å²) in [5.74, 6) is 0.925. The van der Waals surface area contributed by atoms with Gasteiger partial charge < -0.3 is 4.84 Å². The molecule has 0 N–H and O–H groups in total. The van der Waals surface area contributed by atoms with Gasteiger partial charge in [0, 0.05) is 17.9 Å². The Labute approximate surface area is 167 Å². The summed E-state index contributed by atoms with van der Waals surface area (Å²) in [4.78, 5) is 6.39. The molecule has 0 aliphatic rings. The minimum atomic E-state index is 0.684. The molecular weight excluding hydrogens is 342 g/mol. The van der Waals surface area contributed by atoms with Crippen molar-refractivity contribution in [3.05, 3.63) is 29.3 Å². The second-order valence-electron chi connectivity index (χ2n) is 7.82. The van der Waals surface area contributed by atoms with E-state index in [0.29, 0.717) is 4.65 Å². The third-order valence-corrected chi connectivity index (χ3v) is 5.36. The number of rotatable bonds is 16. The van der Waals surface area contributed by atoms with Gasteiger partial charge in [-0.15, -0.1) is 4.65 Å². The zero-order chi connectivity index (χ0) is 19.1. The first-order chi connectivity index (χ1) is 12.6. The zero-order valence-electron chi connectivity index (χ0n) is 17.4. The number of unbranched alkanes of at least 4 members (excludes halogenated alkanes) is 10. The van der Waals surface area contributed by atoms with Crippen molar-refractivity contribution in [3.8, 4) is 5.75 Å². The van der Waals surface area contributed by atoms with E-state index in [2.05, 4.69) is 20.9 Å². The molecule has 3 heteroatoms. The Bertz CT molecular complexity index is 430. The number of nitrogens with zero attached hydrogens (tertiary/aromatic N) is 1. The van der Waals surface area contributed by atoms with E-state index in [-0.39, 0.29) is 0 Å². The first kappa shape index (κ1) is 23.3. The molecular formula is C23H41ClNO+. The molecule has 0 aliphatic heterocycles. The van der Waals surface area contributed by atoms with Gasteiger partial charge in [-0.2, -0.15) is 0 Å². The first-order valence-corrected chi connectivity index (χ1v) is 11.3. The van der Waals surface area contributed by atoms with Crippen LogP contribution in [0, 0.1) is 0 Å². The van der Waals surface area contributed by atoms with Gasteiger partial charge in [0.25, 0.3) is 0 Å². The SMILES string of the molecule is CCCCCCCC[N+](C)(CCCCCCCC)Oc1ccc(Cl)cc1. The van der Waals surface area contributed by atoms with Crippen molar-refractivity contribution in [2.75, 3.05) is 20.1 Å². The monoisotopic (exact) mass is 382 g/mol. The van der Waals surface area contributed by atoms with Crippen LogP contribution >= 0.6 is 11.6 Å². The van der Waals surface area contributed by atoms with Gasteiger partial charge in [-0.05, 0) is 37.1 Å². The highest BCUT2D eigenvalue weighted by Gasteiger charge is 2.24. The number of benzene rings is 1. The van der Waals surface area contributed by atoms with Gasteiger partial charge in [-0.3, -0.25) is 0 Å². The van der Waals surface area contributed by atoms with Crippen LogP contribution in [0.2, 0.25) is 5.02 Å². The highest BCUT2D eigenvalue weighted by Crippen LogP contribution is 2.21. The molecule has 1 aromatic rings. The molecule has 1 rings (SSSR count). The van der Waals surface area contributed by atoms with Crippen molar-refractivity contribution in [1.29, 1.82) is 0 Å². The zero-order valence-corrected chi connectivity index (χ0v) is 18.2. The van der Waals surface area contributed by atoms with Crippen LogP contribution in [0.25, 0.3) is 0 Å². The van der Waals surface area contributed by atoms with Gasteiger partial charge >= 0.3 is 0 Å². The third-order valence-electron chi connectivity index (χ3n) is 5.11. The van der Waals surface area contributed by atoms with E-state index in [9.17, 15) is 0 Å². The Morgan fingerprint density at radius 1 is 0.692 bits per heavy atom. The van der Waals surface area contributed by atoms with Gasteiger partial charge in [0.05, 0.1) is 0 Å². The molecule has 0 atom stereocenters. The summed E-state index contributed by atoms with van der Waals surface area (Å²) >= 11 is 6.01. The molecule has 150 valence electrons. The summed E-state index contributed by atoms with van der Waals surface area (Å²) in [7, 11) is 2.24. The Hall–Kier alpha value is -0.730. The van der Waals surface area contributed by atoms with Crippen molar-refractivity contribution in [2.45, 2.75) is 90.9 Å². The Morgan fingerprint density at radius 3 is 1.58 bits per heavy atom. The van der Waals surface area contributed by atoms with Crippen LogP contribution < -0.4 is 4.84 Å². The van der Waals surface area contributed by atoms with Crippen LogP contribution in [0.5, 0.6) is 5.75 Å². The molecule has 0 fully saturated rings. The summed E-state index contributed by atoms with van der Waals surface area (Å²) in [5.41, 5.74) is 0. The molecule has 2 nitrogen and oxygen atoms in total. The lowest BCUT2D eigenvalue weighted by Gasteiger charge is -2.32. The van der Waals surface area contributed by atoms with Crippen molar-refractivity contribution < 1.29 is 9.48 Å². The number of hydroxylamine groups is 3. The van der Waals surface area contributed by atoms with Crippen LogP contribution in [0.3, 0.4) is 0 Å². The summed E-state index contributed by atoms with van der Waals surface area (Å²) in [5, 5.41) is 0.762. The van der Waals surface area contributed by atoms with Gasteiger partial charge in [0.1, 0.15) is 20.1 Å². The van der Waals surface area contributed by atoms with Crippen molar-refractivity contribution in [1.82, 2.24) is 0 Å². The van der Waals surface area contributed by atoms with Crippen LogP contribution in [0.4, 0.5) is 0 Å². The molecule has 26 heavy (non-hydrogen) atoms. The molecule has 0 radical (unpaired) electrons. The van der Waals surface area contributed by atoms with Crippen LogP contribution in [-0.4, -0.2) is 24.8 Å². The fraction of sp³-hybridized carbons (Fsp3) is 0.739. The highest BCUT2D eigenvalue weighted by molar-refractivity contribution is 6.30. The Morgan fingerprint density at radius 2 is 1.12 bits per heavy atom. The molecule has 0 bridgehead atoms. The smallest absolute Gasteiger partial charge is 0.190 e. The average Bonchev–Trinajstić information content (AvgIpc) is 2.63. The maximum Gasteiger partial charge on any atom is 0.190 e. The topological polar surface area (TPSA) is 9.23 Å². The van der Waals surface area contributed by atoms with Crippen LogP contribution in [0.1, 0.15) is 90.9 Å². The summed E-state index contributed by atoms with van der Waals surface area (Å²) in [6, 6.07) is 7.80. The molecule has 0 aliphatic carbocycles. The molecule has 1 aromatic carbocycles. The maximum absolute atomic E-state index is 6.39. The molecule has 0 aromatic heterocycles. The summed E-state index contributed by atoms with van der Waals surface area (Å²) in [6.07, 6.45) is 15.9. The minimum absolute atomic E-state index is 0.684. The van der Waals surface area contributed by atoms with E-state index in [1.165, 1.54) is 77.0 Å². The second kappa shape index (κ2) is 14.3.